The Bertz CT molecular complexity index is 721. The van der Waals surface area contributed by atoms with Crippen molar-refractivity contribution in [1.82, 2.24) is 0 Å². The molecular formula is C21H24ClNO2. The Labute approximate surface area is 154 Å². The minimum atomic E-state index is 0.0970. The second-order valence-corrected chi connectivity index (χ2v) is 7.14. The van der Waals surface area contributed by atoms with E-state index >= 15 is 0 Å². The number of ether oxygens (including phenoxy) is 1. The fourth-order valence-corrected chi connectivity index (χ4v) is 3.75. The van der Waals surface area contributed by atoms with Crippen LogP contribution in [0.15, 0.2) is 48.5 Å². The number of methoxy groups -OCH3 is 1. The van der Waals surface area contributed by atoms with Crippen molar-refractivity contribution in [3.8, 4) is 5.75 Å². The van der Waals surface area contributed by atoms with E-state index < -0.39 is 0 Å². The number of hydrogen-bond acceptors (Lipinski definition) is 2. The highest BCUT2D eigenvalue weighted by molar-refractivity contribution is 6.30. The third-order valence-electron chi connectivity index (χ3n) is 5.19. The summed E-state index contributed by atoms with van der Waals surface area (Å²) in [5, 5.41) is 0.771. The van der Waals surface area contributed by atoms with Crippen molar-refractivity contribution in [2.75, 3.05) is 19.1 Å². The Balaban J connectivity index is 1.61. The lowest BCUT2D eigenvalue weighted by atomic mass is 9.78. The molecule has 0 atom stereocenters. The zero-order valence-corrected chi connectivity index (χ0v) is 15.5. The molecule has 0 aliphatic heterocycles. The second-order valence-electron chi connectivity index (χ2n) is 6.70. The SMILES string of the molecule is COc1cccc(N(C)C(=O)C2CCC(c3ccc(Cl)cc3)CC2)c1. The van der Waals surface area contributed by atoms with E-state index in [0.717, 1.165) is 42.1 Å². The van der Waals surface area contributed by atoms with Crippen LogP contribution in [0.3, 0.4) is 0 Å². The smallest absolute Gasteiger partial charge is 0.229 e. The number of benzene rings is 2. The predicted octanol–water partition coefficient (Wildman–Crippen LogP) is 5.29. The zero-order valence-electron chi connectivity index (χ0n) is 14.7. The maximum Gasteiger partial charge on any atom is 0.229 e. The van der Waals surface area contributed by atoms with Gasteiger partial charge in [0.05, 0.1) is 7.11 Å². The van der Waals surface area contributed by atoms with Gasteiger partial charge in [-0.1, -0.05) is 29.8 Å². The summed E-state index contributed by atoms with van der Waals surface area (Å²) in [5.74, 6) is 1.59. The standard InChI is InChI=1S/C21H24ClNO2/c1-23(19-4-3-5-20(14-19)25-2)21(24)17-8-6-15(7-9-17)16-10-12-18(22)13-11-16/h3-5,10-15,17H,6-9H2,1-2H3. The van der Waals surface area contributed by atoms with Crippen molar-refractivity contribution in [1.29, 1.82) is 0 Å². The fraction of sp³-hybridized carbons (Fsp3) is 0.381. The number of nitrogens with zero attached hydrogens (tertiary/aromatic N) is 1. The molecular weight excluding hydrogens is 334 g/mol. The number of hydrogen-bond donors (Lipinski definition) is 0. The minimum absolute atomic E-state index is 0.0970. The average Bonchev–Trinajstić information content (AvgIpc) is 2.67. The lowest BCUT2D eigenvalue weighted by Gasteiger charge is -2.31. The average molecular weight is 358 g/mol. The number of carbonyl (C=O) groups is 1. The molecule has 1 amide bonds. The van der Waals surface area contributed by atoms with E-state index in [1.807, 2.05) is 43.4 Å². The number of halogens is 1. The molecule has 0 N–H and O–H groups in total. The monoisotopic (exact) mass is 357 g/mol. The lowest BCUT2D eigenvalue weighted by molar-refractivity contribution is -0.123. The van der Waals surface area contributed by atoms with E-state index in [1.165, 1.54) is 5.56 Å². The third-order valence-corrected chi connectivity index (χ3v) is 5.44. The number of anilines is 1. The van der Waals surface area contributed by atoms with Crippen LogP contribution in [0.4, 0.5) is 5.69 Å². The Morgan fingerprint density at radius 2 is 1.76 bits per heavy atom. The summed E-state index contributed by atoms with van der Waals surface area (Å²) in [6, 6.07) is 15.8. The van der Waals surface area contributed by atoms with E-state index in [9.17, 15) is 4.79 Å². The molecule has 0 saturated heterocycles. The second kappa shape index (κ2) is 7.92. The summed E-state index contributed by atoms with van der Waals surface area (Å²) in [6.45, 7) is 0. The molecule has 0 heterocycles. The van der Waals surface area contributed by atoms with E-state index in [1.54, 1.807) is 12.0 Å². The topological polar surface area (TPSA) is 29.5 Å². The summed E-state index contributed by atoms with van der Waals surface area (Å²) in [6.07, 6.45) is 3.95. The molecule has 1 saturated carbocycles. The van der Waals surface area contributed by atoms with Crippen molar-refractivity contribution >= 4 is 23.2 Å². The van der Waals surface area contributed by atoms with Crippen LogP contribution >= 0.6 is 11.6 Å². The normalized spacial score (nSPS) is 20.1. The van der Waals surface area contributed by atoms with Crippen LogP contribution < -0.4 is 9.64 Å². The highest BCUT2D eigenvalue weighted by Gasteiger charge is 2.29. The van der Waals surface area contributed by atoms with Gasteiger partial charge in [-0.3, -0.25) is 4.79 Å². The Morgan fingerprint density at radius 3 is 2.40 bits per heavy atom. The molecule has 0 aromatic heterocycles. The molecule has 3 nitrogen and oxygen atoms in total. The summed E-state index contributed by atoms with van der Waals surface area (Å²) in [4.78, 5) is 14.6. The van der Waals surface area contributed by atoms with Crippen molar-refractivity contribution in [3.63, 3.8) is 0 Å². The van der Waals surface area contributed by atoms with Gasteiger partial charge in [0.15, 0.2) is 0 Å². The number of carbonyl (C=O) groups excluding carboxylic acids is 1. The van der Waals surface area contributed by atoms with Crippen molar-refractivity contribution in [2.45, 2.75) is 31.6 Å². The van der Waals surface area contributed by atoms with Gasteiger partial charge in [0.1, 0.15) is 5.75 Å². The predicted molar refractivity (Wildman–Crippen MR) is 103 cm³/mol. The van der Waals surface area contributed by atoms with E-state index in [4.69, 9.17) is 16.3 Å². The molecule has 4 heteroatoms. The van der Waals surface area contributed by atoms with Gasteiger partial charge in [0.25, 0.3) is 0 Å². The summed E-state index contributed by atoms with van der Waals surface area (Å²) < 4.78 is 5.25. The number of amides is 1. The first-order valence-electron chi connectivity index (χ1n) is 8.75. The largest absolute Gasteiger partial charge is 0.497 e. The maximum absolute atomic E-state index is 12.9. The molecule has 1 aliphatic rings. The highest BCUT2D eigenvalue weighted by atomic mass is 35.5. The van der Waals surface area contributed by atoms with E-state index in [0.29, 0.717) is 5.92 Å². The highest BCUT2D eigenvalue weighted by Crippen LogP contribution is 2.37. The van der Waals surface area contributed by atoms with Crippen LogP contribution in [0, 0.1) is 5.92 Å². The van der Waals surface area contributed by atoms with E-state index in [-0.39, 0.29) is 11.8 Å². The van der Waals surface area contributed by atoms with Gasteiger partial charge in [-0.25, -0.2) is 0 Å². The third kappa shape index (κ3) is 4.16. The molecule has 0 spiro atoms. The van der Waals surface area contributed by atoms with Crippen LogP contribution in [0.25, 0.3) is 0 Å². The van der Waals surface area contributed by atoms with Crippen LogP contribution in [0.5, 0.6) is 5.75 Å². The lowest BCUT2D eigenvalue weighted by Crippen LogP contribution is -2.34. The van der Waals surface area contributed by atoms with Gasteiger partial charge in [-0.2, -0.15) is 0 Å². The molecule has 2 aromatic rings. The number of rotatable bonds is 4. The molecule has 0 bridgehead atoms. The Morgan fingerprint density at radius 1 is 1.08 bits per heavy atom. The first kappa shape index (κ1) is 17.8. The quantitative estimate of drug-likeness (QED) is 0.744. The molecule has 1 fully saturated rings. The van der Waals surface area contributed by atoms with Gasteiger partial charge in [0, 0.05) is 29.7 Å². The summed E-state index contributed by atoms with van der Waals surface area (Å²) in [7, 11) is 3.49. The van der Waals surface area contributed by atoms with Crippen LogP contribution in [-0.4, -0.2) is 20.1 Å². The van der Waals surface area contributed by atoms with Gasteiger partial charge < -0.3 is 9.64 Å². The maximum atomic E-state index is 12.9. The minimum Gasteiger partial charge on any atom is -0.497 e. The fourth-order valence-electron chi connectivity index (χ4n) is 3.63. The summed E-state index contributed by atoms with van der Waals surface area (Å²) in [5.41, 5.74) is 2.21. The molecule has 25 heavy (non-hydrogen) atoms. The van der Waals surface area contributed by atoms with Crippen LogP contribution in [0.1, 0.15) is 37.2 Å². The van der Waals surface area contributed by atoms with Crippen molar-refractivity contribution in [2.24, 2.45) is 5.92 Å². The molecule has 132 valence electrons. The van der Waals surface area contributed by atoms with Gasteiger partial charge in [-0.15, -0.1) is 0 Å². The first-order chi connectivity index (χ1) is 12.1. The molecule has 0 unspecified atom stereocenters. The molecule has 0 radical (unpaired) electrons. The van der Waals surface area contributed by atoms with Gasteiger partial charge in [-0.05, 0) is 61.4 Å². The zero-order chi connectivity index (χ0) is 17.8. The molecule has 3 rings (SSSR count). The summed E-state index contributed by atoms with van der Waals surface area (Å²) >= 11 is 5.97. The van der Waals surface area contributed by atoms with Crippen molar-refractivity contribution < 1.29 is 9.53 Å². The molecule has 1 aliphatic carbocycles. The Kier molecular flexibility index (Phi) is 5.64. The van der Waals surface area contributed by atoms with Gasteiger partial charge >= 0.3 is 0 Å². The van der Waals surface area contributed by atoms with Crippen LogP contribution in [0.2, 0.25) is 5.02 Å². The van der Waals surface area contributed by atoms with E-state index in [2.05, 4.69) is 12.1 Å². The van der Waals surface area contributed by atoms with Gasteiger partial charge in [0.2, 0.25) is 5.91 Å². The Hall–Kier alpha value is -2.00. The first-order valence-corrected chi connectivity index (χ1v) is 9.13. The van der Waals surface area contributed by atoms with Crippen molar-refractivity contribution in [3.05, 3.63) is 59.1 Å². The van der Waals surface area contributed by atoms with Crippen LogP contribution in [-0.2, 0) is 4.79 Å². The molecule has 2 aromatic carbocycles.